The Kier molecular flexibility index (Phi) is 4.47. The summed E-state index contributed by atoms with van der Waals surface area (Å²) in [6.45, 7) is 7.41. The van der Waals surface area contributed by atoms with Gasteiger partial charge in [-0.3, -0.25) is 0 Å². The molecule has 0 atom stereocenters. The normalized spacial score (nSPS) is 10.6. The van der Waals surface area contributed by atoms with Gasteiger partial charge in [0.1, 0.15) is 5.75 Å². The zero-order valence-electron chi connectivity index (χ0n) is 9.12. The van der Waals surface area contributed by atoms with Crippen molar-refractivity contribution in [2.75, 3.05) is 6.61 Å². The van der Waals surface area contributed by atoms with Crippen molar-refractivity contribution < 1.29 is 9.47 Å². The minimum absolute atomic E-state index is 0.269. The van der Waals surface area contributed by atoms with Crippen molar-refractivity contribution in [1.82, 2.24) is 0 Å². The van der Waals surface area contributed by atoms with Gasteiger partial charge in [-0.1, -0.05) is 12.1 Å². The highest BCUT2D eigenvalue weighted by Gasteiger charge is 1.98. The minimum atomic E-state index is 0.269. The number of rotatable bonds is 5. The van der Waals surface area contributed by atoms with Gasteiger partial charge in [-0.15, -0.1) is 0 Å². The summed E-state index contributed by atoms with van der Waals surface area (Å²) in [5, 5.41) is 0. The number of benzene rings is 1. The Labute approximate surface area is 85.8 Å². The topological polar surface area (TPSA) is 18.5 Å². The van der Waals surface area contributed by atoms with Crippen LogP contribution in [0, 0.1) is 0 Å². The van der Waals surface area contributed by atoms with Gasteiger partial charge in [-0.2, -0.15) is 0 Å². The molecule has 0 fully saturated rings. The molecule has 0 unspecified atom stereocenters. The predicted octanol–water partition coefficient (Wildman–Crippen LogP) is 3.01. The second-order valence-electron chi connectivity index (χ2n) is 3.44. The van der Waals surface area contributed by atoms with Gasteiger partial charge in [0.25, 0.3) is 0 Å². The fourth-order valence-electron chi connectivity index (χ4n) is 1.15. The maximum atomic E-state index is 5.51. The third-order valence-corrected chi connectivity index (χ3v) is 1.79. The Bertz CT molecular complexity index is 269. The zero-order chi connectivity index (χ0) is 10.4. The van der Waals surface area contributed by atoms with Crippen LogP contribution in [0.4, 0.5) is 0 Å². The summed E-state index contributed by atoms with van der Waals surface area (Å²) < 4.78 is 10.9. The maximum Gasteiger partial charge on any atom is 0.119 e. The summed E-state index contributed by atoms with van der Waals surface area (Å²) in [5.74, 6) is 0.914. The molecule has 14 heavy (non-hydrogen) atoms. The summed E-state index contributed by atoms with van der Waals surface area (Å²) in [5.41, 5.74) is 1.16. The Morgan fingerprint density at radius 2 is 2.07 bits per heavy atom. The standard InChI is InChI=1S/C12H18O2/c1-4-13-12-7-5-6-11(8-12)9-14-10(2)3/h5-8,10H,4,9H2,1-3H3. The van der Waals surface area contributed by atoms with Crippen LogP contribution in [0.15, 0.2) is 24.3 Å². The lowest BCUT2D eigenvalue weighted by molar-refractivity contribution is 0.0656. The largest absolute Gasteiger partial charge is 0.494 e. The van der Waals surface area contributed by atoms with Crippen LogP contribution in [-0.2, 0) is 11.3 Å². The first-order chi connectivity index (χ1) is 6.72. The molecule has 1 aromatic rings. The second kappa shape index (κ2) is 5.66. The van der Waals surface area contributed by atoms with Gasteiger partial charge in [-0.25, -0.2) is 0 Å². The number of hydrogen-bond acceptors (Lipinski definition) is 2. The van der Waals surface area contributed by atoms with Crippen molar-refractivity contribution in [3.8, 4) is 5.75 Å². The summed E-state index contributed by atoms with van der Waals surface area (Å²) in [6.07, 6.45) is 0.269. The fraction of sp³-hybridized carbons (Fsp3) is 0.500. The highest BCUT2D eigenvalue weighted by atomic mass is 16.5. The molecule has 2 nitrogen and oxygen atoms in total. The Balaban J connectivity index is 2.54. The smallest absolute Gasteiger partial charge is 0.119 e. The van der Waals surface area contributed by atoms with Gasteiger partial charge in [0, 0.05) is 0 Å². The Hall–Kier alpha value is -1.02. The van der Waals surface area contributed by atoms with Gasteiger partial charge < -0.3 is 9.47 Å². The molecule has 0 aromatic heterocycles. The quantitative estimate of drug-likeness (QED) is 0.717. The molecule has 0 N–H and O–H groups in total. The SMILES string of the molecule is CCOc1cccc(COC(C)C)c1. The highest BCUT2D eigenvalue weighted by molar-refractivity contribution is 5.27. The lowest BCUT2D eigenvalue weighted by Crippen LogP contribution is -2.02. The molecule has 2 heteroatoms. The van der Waals surface area contributed by atoms with Crippen molar-refractivity contribution in [3.63, 3.8) is 0 Å². The van der Waals surface area contributed by atoms with E-state index in [1.165, 1.54) is 0 Å². The molecular formula is C12H18O2. The van der Waals surface area contributed by atoms with Crippen LogP contribution in [0.2, 0.25) is 0 Å². The van der Waals surface area contributed by atoms with E-state index in [0.717, 1.165) is 11.3 Å². The predicted molar refractivity (Wildman–Crippen MR) is 57.5 cm³/mol. The maximum absolute atomic E-state index is 5.51. The lowest BCUT2D eigenvalue weighted by Gasteiger charge is -2.09. The summed E-state index contributed by atoms with van der Waals surface area (Å²) >= 11 is 0. The molecule has 0 bridgehead atoms. The van der Waals surface area contributed by atoms with Crippen molar-refractivity contribution in [2.45, 2.75) is 33.5 Å². The molecule has 1 aromatic carbocycles. The Morgan fingerprint density at radius 1 is 1.29 bits per heavy atom. The number of ether oxygens (including phenoxy) is 2. The van der Waals surface area contributed by atoms with Crippen LogP contribution in [0.25, 0.3) is 0 Å². The molecule has 0 saturated heterocycles. The number of hydrogen-bond donors (Lipinski definition) is 0. The molecule has 1 rings (SSSR count). The fourth-order valence-corrected chi connectivity index (χ4v) is 1.15. The van der Waals surface area contributed by atoms with Crippen LogP contribution in [-0.4, -0.2) is 12.7 Å². The van der Waals surface area contributed by atoms with Gasteiger partial charge in [0.15, 0.2) is 0 Å². The zero-order valence-corrected chi connectivity index (χ0v) is 9.12. The molecule has 0 heterocycles. The molecular weight excluding hydrogens is 176 g/mol. The van der Waals surface area contributed by atoms with E-state index in [4.69, 9.17) is 9.47 Å². The monoisotopic (exact) mass is 194 g/mol. The molecule has 0 aliphatic carbocycles. The van der Waals surface area contributed by atoms with Gasteiger partial charge in [0.2, 0.25) is 0 Å². The van der Waals surface area contributed by atoms with E-state index < -0.39 is 0 Å². The van der Waals surface area contributed by atoms with E-state index in [1.807, 2.05) is 45.0 Å². The average Bonchev–Trinajstić information content (AvgIpc) is 2.16. The van der Waals surface area contributed by atoms with Crippen LogP contribution < -0.4 is 4.74 Å². The average molecular weight is 194 g/mol. The van der Waals surface area contributed by atoms with E-state index in [1.54, 1.807) is 0 Å². The Morgan fingerprint density at radius 3 is 2.71 bits per heavy atom. The van der Waals surface area contributed by atoms with Gasteiger partial charge in [-0.05, 0) is 38.5 Å². The molecule has 0 aliphatic rings. The van der Waals surface area contributed by atoms with Crippen LogP contribution in [0.1, 0.15) is 26.3 Å². The molecule has 0 spiro atoms. The first kappa shape index (κ1) is 11.1. The third-order valence-electron chi connectivity index (χ3n) is 1.79. The highest BCUT2D eigenvalue weighted by Crippen LogP contribution is 2.14. The second-order valence-corrected chi connectivity index (χ2v) is 3.44. The van der Waals surface area contributed by atoms with Gasteiger partial charge in [0.05, 0.1) is 19.3 Å². The van der Waals surface area contributed by atoms with Crippen molar-refractivity contribution in [1.29, 1.82) is 0 Å². The molecule has 0 radical (unpaired) electrons. The van der Waals surface area contributed by atoms with Crippen molar-refractivity contribution in [2.24, 2.45) is 0 Å². The molecule has 78 valence electrons. The molecule has 0 aliphatic heterocycles. The summed E-state index contributed by atoms with van der Waals surface area (Å²) in [6, 6.07) is 8.02. The lowest BCUT2D eigenvalue weighted by atomic mass is 10.2. The first-order valence-corrected chi connectivity index (χ1v) is 5.05. The summed E-state index contributed by atoms with van der Waals surface area (Å²) in [4.78, 5) is 0. The van der Waals surface area contributed by atoms with E-state index in [2.05, 4.69) is 0 Å². The van der Waals surface area contributed by atoms with Crippen LogP contribution >= 0.6 is 0 Å². The van der Waals surface area contributed by atoms with E-state index in [0.29, 0.717) is 13.2 Å². The van der Waals surface area contributed by atoms with E-state index in [9.17, 15) is 0 Å². The van der Waals surface area contributed by atoms with Gasteiger partial charge >= 0.3 is 0 Å². The van der Waals surface area contributed by atoms with Crippen LogP contribution in [0.5, 0.6) is 5.75 Å². The van der Waals surface area contributed by atoms with E-state index in [-0.39, 0.29) is 6.10 Å². The van der Waals surface area contributed by atoms with Crippen LogP contribution in [0.3, 0.4) is 0 Å². The first-order valence-electron chi connectivity index (χ1n) is 5.05. The molecule has 0 amide bonds. The molecule has 0 saturated carbocycles. The van der Waals surface area contributed by atoms with E-state index >= 15 is 0 Å². The summed E-state index contributed by atoms with van der Waals surface area (Å²) in [7, 11) is 0. The van der Waals surface area contributed by atoms with Crippen molar-refractivity contribution >= 4 is 0 Å². The minimum Gasteiger partial charge on any atom is -0.494 e. The third kappa shape index (κ3) is 3.79. The van der Waals surface area contributed by atoms with Crippen molar-refractivity contribution in [3.05, 3.63) is 29.8 Å².